The van der Waals surface area contributed by atoms with Crippen LogP contribution in [0.15, 0.2) is 24.3 Å². The fourth-order valence-electron chi connectivity index (χ4n) is 4.35. The first-order chi connectivity index (χ1) is 7.97. The summed E-state index contributed by atoms with van der Waals surface area (Å²) in [5.41, 5.74) is 2.50. The summed E-state index contributed by atoms with van der Waals surface area (Å²) in [6.45, 7) is 6.82. The molecule has 17 heavy (non-hydrogen) atoms. The van der Waals surface area contributed by atoms with Gasteiger partial charge >= 0.3 is 0 Å². The zero-order valence-corrected chi connectivity index (χ0v) is 10.9. The smallest absolute Gasteiger partial charge is 0.167 e. The van der Waals surface area contributed by atoms with Gasteiger partial charge in [0.1, 0.15) is 0 Å². The molecule has 0 N–H and O–H groups in total. The maximum atomic E-state index is 12.7. The van der Waals surface area contributed by atoms with Crippen LogP contribution < -0.4 is 0 Å². The van der Waals surface area contributed by atoms with Crippen molar-refractivity contribution in [3.8, 4) is 0 Å². The molecular weight excluding hydrogens is 208 g/mol. The Kier molecular flexibility index (Phi) is 2.08. The number of Topliss-reactive ketones (excluding diaryl/α,β-unsaturated/α-hetero) is 1. The Morgan fingerprint density at radius 1 is 1.12 bits per heavy atom. The minimum atomic E-state index is 0.0788. The van der Waals surface area contributed by atoms with E-state index in [-0.39, 0.29) is 16.7 Å². The van der Waals surface area contributed by atoms with Gasteiger partial charge in [-0.05, 0) is 23.8 Å². The third-order valence-electron chi connectivity index (χ3n) is 5.01. The highest BCUT2D eigenvalue weighted by Gasteiger charge is 2.56. The highest BCUT2D eigenvalue weighted by molar-refractivity contribution is 6.04. The van der Waals surface area contributed by atoms with Gasteiger partial charge in [-0.1, -0.05) is 51.5 Å². The lowest BCUT2D eigenvalue weighted by Gasteiger charge is -2.46. The molecular formula is C16H20O. The van der Waals surface area contributed by atoms with E-state index < -0.39 is 0 Å². The zero-order chi connectivity index (χ0) is 12.3. The average Bonchev–Trinajstić information content (AvgIpc) is 2.50. The van der Waals surface area contributed by atoms with E-state index in [2.05, 4.69) is 32.9 Å². The minimum absolute atomic E-state index is 0.0788. The Hall–Kier alpha value is -1.11. The van der Waals surface area contributed by atoms with E-state index in [1.165, 1.54) is 18.4 Å². The molecule has 3 rings (SSSR count). The summed E-state index contributed by atoms with van der Waals surface area (Å²) in [5, 5.41) is 0. The average molecular weight is 228 g/mol. The van der Waals surface area contributed by atoms with Gasteiger partial charge in [0.15, 0.2) is 5.78 Å². The summed E-state index contributed by atoms with van der Waals surface area (Å²) in [4.78, 5) is 12.7. The van der Waals surface area contributed by atoms with Crippen LogP contribution in [0.3, 0.4) is 0 Å². The van der Waals surface area contributed by atoms with Crippen molar-refractivity contribution >= 4 is 5.78 Å². The molecule has 2 unspecified atom stereocenters. The van der Waals surface area contributed by atoms with Crippen LogP contribution in [0.4, 0.5) is 0 Å². The van der Waals surface area contributed by atoms with Crippen molar-refractivity contribution in [1.29, 1.82) is 0 Å². The largest absolute Gasteiger partial charge is 0.294 e. The SMILES string of the molecule is CC1(C)CCCC2(C)c3ccccc3C(=O)C12. The number of carbonyl (C=O) groups is 1. The Morgan fingerprint density at radius 3 is 2.59 bits per heavy atom. The molecule has 0 radical (unpaired) electrons. The molecule has 0 saturated heterocycles. The number of ketones is 1. The van der Waals surface area contributed by atoms with Crippen LogP contribution in [0.25, 0.3) is 0 Å². The van der Waals surface area contributed by atoms with Gasteiger partial charge in [-0.15, -0.1) is 0 Å². The van der Waals surface area contributed by atoms with Crippen molar-refractivity contribution in [3.05, 3.63) is 35.4 Å². The van der Waals surface area contributed by atoms with E-state index in [0.29, 0.717) is 5.78 Å². The van der Waals surface area contributed by atoms with E-state index in [1.54, 1.807) is 0 Å². The normalized spacial score (nSPS) is 34.3. The number of hydrogen-bond donors (Lipinski definition) is 0. The Labute approximate surface area is 103 Å². The van der Waals surface area contributed by atoms with E-state index >= 15 is 0 Å². The lowest BCUT2D eigenvalue weighted by Crippen LogP contribution is -2.44. The third-order valence-corrected chi connectivity index (χ3v) is 5.01. The molecule has 1 saturated carbocycles. The van der Waals surface area contributed by atoms with Gasteiger partial charge in [0.25, 0.3) is 0 Å². The molecule has 90 valence electrons. The molecule has 2 atom stereocenters. The predicted molar refractivity (Wildman–Crippen MR) is 69.2 cm³/mol. The van der Waals surface area contributed by atoms with Crippen LogP contribution >= 0.6 is 0 Å². The van der Waals surface area contributed by atoms with E-state index in [1.807, 2.05) is 12.1 Å². The van der Waals surface area contributed by atoms with Gasteiger partial charge < -0.3 is 0 Å². The number of benzene rings is 1. The molecule has 0 heterocycles. The quantitative estimate of drug-likeness (QED) is 0.656. The molecule has 0 spiro atoms. The van der Waals surface area contributed by atoms with E-state index in [4.69, 9.17) is 0 Å². The minimum Gasteiger partial charge on any atom is -0.294 e. The molecule has 0 aliphatic heterocycles. The molecule has 2 aliphatic rings. The summed E-state index contributed by atoms with van der Waals surface area (Å²) in [7, 11) is 0. The highest BCUT2D eigenvalue weighted by atomic mass is 16.1. The summed E-state index contributed by atoms with van der Waals surface area (Å²) in [6, 6.07) is 8.23. The van der Waals surface area contributed by atoms with Crippen LogP contribution in [0.1, 0.15) is 56.0 Å². The maximum absolute atomic E-state index is 12.7. The number of carbonyl (C=O) groups excluding carboxylic acids is 1. The molecule has 1 heteroatoms. The Bertz CT molecular complexity index is 486. The van der Waals surface area contributed by atoms with E-state index in [0.717, 1.165) is 12.0 Å². The second-order valence-electron chi connectivity index (χ2n) is 6.60. The van der Waals surface area contributed by atoms with Gasteiger partial charge in [0.05, 0.1) is 0 Å². The van der Waals surface area contributed by atoms with Crippen molar-refractivity contribution in [2.24, 2.45) is 11.3 Å². The van der Waals surface area contributed by atoms with Crippen molar-refractivity contribution in [3.63, 3.8) is 0 Å². The van der Waals surface area contributed by atoms with Gasteiger partial charge in [0, 0.05) is 16.9 Å². The van der Waals surface area contributed by atoms with Crippen molar-refractivity contribution < 1.29 is 4.79 Å². The lowest BCUT2D eigenvalue weighted by molar-refractivity contribution is 0.0500. The van der Waals surface area contributed by atoms with Crippen molar-refractivity contribution in [1.82, 2.24) is 0 Å². The van der Waals surface area contributed by atoms with Crippen LogP contribution in [0.2, 0.25) is 0 Å². The third kappa shape index (κ3) is 1.28. The summed E-state index contributed by atoms with van der Waals surface area (Å²) in [5.74, 6) is 0.564. The highest BCUT2D eigenvalue weighted by Crippen LogP contribution is 2.57. The van der Waals surface area contributed by atoms with Crippen molar-refractivity contribution in [2.45, 2.75) is 45.4 Å². The van der Waals surface area contributed by atoms with Crippen LogP contribution in [-0.2, 0) is 5.41 Å². The maximum Gasteiger partial charge on any atom is 0.167 e. The molecule has 0 amide bonds. The van der Waals surface area contributed by atoms with Crippen LogP contribution in [0.5, 0.6) is 0 Å². The number of hydrogen-bond acceptors (Lipinski definition) is 1. The first kappa shape index (κ1) is 11.0. The van der Waals surface area contributed by atoms with Crippen LogP contribution in [0, 0.1) is 11.3 Å². The lowest BCUT2D eigenvalue weighted by atomic mass is 9.56. The molecule has 2 aliphatic carbocycles. The van der Waals surface area contributed by atoms with Gasteiger partial charge in [-0.2, -0.15) is 0 Å². The molecule has 1 nitrogen and oxygen atoms in total. The number of fused-ring (bicyclic) bond motifs is 3. The number of rotatable bonds is 0. The Balaban J connectivity index is 2.22. The second-order valence-corrected chi connectivity index (χ2v) is 6.60. The fourth-order valence-corrected chi connectivity index (χ4v) is 4.35. The summed E-state index contributed by atoms with van der Waals surface area (Å²) >= 11 is 0. The van der Waals surface area contributed by atoms with E-state index in [9.17, 15) is 4.79 Å². The van der Waals surface area contributed by atoms with Gasteiger partial charge in [0.2, 0.25) is 0 Å². The van der Waals surface area contributed by atoms with Crippen LogP contribution in [-0.4, -0.2) is 5.78 Å². The first-order valence-corrected chi connectivity index (χ1v) is 6.60. The first-order valence-electron chi connectivity index (χ1n) is 6.60. The second kappa shape index (κ2) is 3.22. The fraction of sp³-hybridized carbons (Fsp3) is 0.562. The topological polar surface area (TPSA) is 17.1 Å². The molecule has 1 fully saturated rings. The molecule has 1 aromatic rings. The van der Waals surface area contributed by atoms with Gasteiger partial charge in [-0.25, -0.2) is 0 Å². The predicted octanol–water partition coefficient (Wildman–Crippen LogP) is 3.97. The Morgan fingerprint density at radius 2 is 1.82 bits per heavy atom. The molecule has 0 aromatic heterocycles. The zero-order valence-electron chi connectivity index (χ0n) is 10.9. The van der Waals surface area contributed by atoms with Crippen molar-refractivity contribution in [2.75, 3.05) is 0 Å². The molecule has 0 bridgehead atoms. The standard InChI is InChI=1S/C16H20O/c1-15(2)9-6-10-16(3)12-8-5-4-7-11(12)13(17)14(15)16/h4-5,7-8,14H,6,9-10H2,1-3H3. The summed E-state index contributed by atoms with van der Waals surface area (Å²) in [6.07, 6.45) is 3.57. The van der Waals surface area contributed by atoms with Gasteiger partial charge in [-0.3, -0.25) is 4.79 Å². The summed E-state index contributed by atoms with van der Waals surface area (Å²) < 4.78 is 0. The molecule has 1 aromatic carbocycles. The monoisotopic (exact) mass is 228 g/mol.